The third kappa shape index (κ3) is 5.73. The summed E-state index contributed by atoms with van der Waals surface area (Å²) in [5.74, 6) is 0.679. The van der Waals surface area contributed by atoms with Crippen molar-refractivity contribution < 1.29 is 4.42 Å². The van der Waals surface area contributed by atoms with Gasteiger partial charge in [-0.3, -0.25) is 4.98 Å². The quantitative estimate of drug-likeness (QED) is 0.176. The molecule has 0 atom stereocenters. The zero-order valence-electron chi connectivity index (χ0n) is 28.6. The van der Waals surface area contributed by atoms with Gasteiger partial charge in [0.15, 0.2) is 5.82 Å². The van der Waals surface area contributed by atoms with Crippen molar-refractivity contribution in [2.24, 2.45) is 0 Å². The molecule has 4 nitrogen and oxygen atoms in total. The Hall–Kier alpha value is -7.17. The summed E-state index contributed by atoms with van der Waals surface area (Å²) >= 11 is 0. The fraction of sp³-hybridized carbons (Fsp3) is 0. The smallest absolute Gasteiger partial charge is 0.160 e. The van der Waals surface area contributed by atoms with Crippen LogP contribution in [0.3, 0.4) is 0 Å². The minimum atomic E-state index is 0.679. The van der Waals surface area contributed by atoms with Gasteiger partial charge in [0, 0.05) is 39.9 Å². The van der Waals surface area contributed by atoms with Crippen molar-refractivity contribution in [3.8, 4) is 67.3 Å². The van der Waals surface area contributed by atoms with Crippen LogP contribution < -0.4 is 0 Å². The third-order valence-electron chi connectivity index (χ3n) is 9.97. The molecule has 0 aliphatic rings. The monoisotopic (exact) mass is 677 g/mol. The fourth-order valence-electron chi connectivity index (χ4n) is 7.31. The Morgan fingerprint density at radius 1 is 0.358 bits per heavy atom. The third-order valence-corrected chi connectivity index (χ3v) is 9.97. The molecule has 0 spiro atoms. The lowest BCUT2D eigenvalue weighted by atomic mass is 9.91. The molecule has 0 aliphatic carbocycles. The molecule has 0 amide bonds. The maximum atomic E-state index is 6.20. The summed E-state index contributed by atoms with van der Waals surface area (Å²) in [5.41, 5.74) is 13.1. The molecule has 0 fully saturated rings. The highest BCUT2D eigenvalue weighted by Crippen LogP contribution is 2.39. The van der Waals surface area contributed by atoms with E-state index in [1.807, 2.05) is 42.6 Å². The number of nitrogens with zero attached hydrogens (tertiary/aromatic N) is 3. The molecule has 0 aliphatic heterocycles. The number of para-hydroxylation sites is 1. The van der Waals surface area contributed by atoms with Gasteiger partial charge in [-0.15, -0.1) is 0 Å². The Bertz CT molecular complexity index is 2930. The predicted octanol–water partition coefficient (Wildman–Crippen LogP) is 12.9. The van der Waals surface area contributed by atoms with Gasteiger partial charge in [0.1, 0.15) is 11.2 Å². The van der Waals surface area contributed by atoms with Gasteiger partial charge >= 0.3 is 0 Å². The summed E-state index contributed by atoms with van der Waals surface area (Å²) in [6, 6.07) is 61.5. The van der Waals surface area contributed by atoms with Crippen molar-refractivity contribution in [3.63, 3.8) is 0 Å². The lowest BCUT2D eigenvalue weighted by Gasteiger charge is -2.14. The predicted molar refractivity (Wildman–Crippen MR) is 217 cm³/mol. The van der Waals surface area contributed by atoms with Crippen LogP contribution in [0.2, 0.25) is 0 Å². The van der Waals surface area contributed by atoms with Gasteiger partial charge < -0.3 is 4.42 Å². The average Bonchev–Trinajstić information content (AvgIpc) is 3.62. The SMILES string of the molecule is c1ccc(-c2nc(-c3ccc(-c4cccnc4)cc3)cc(-c3cc(-c4ccc5oc6ccccc6c5c4)cc(-c4cccc5ccccc45)c3)n2)cc1. The van der Waals surface area contributed by atoms with E-state index in [0.29, 0.717) is 5.82 Å². The van der Waals surface area contributed by atoms with Crippen LogP contribution >= 0.6 is 0 Å². The van der Waals surface area contributed by atoms with Crippen LogP contribution in [-0.2, 0) is 0 Å². The Balaban J connectivity index is 1.18. The summed E-state index contributed by atoms with van der Waals surface area (Å²) < 4.78 is 6.20. The number of hydrogen-bond donors (Lipinski definition) is 0. The first kappa shape index (κ1) is 30.6. The Morgan fingerprint density at radius 2 is 1.02 bits per heavy atom. The molecule has 0 N–H and O–H groups in total. The van der Waals surface area contributed by atoms with Crippen LogP contribution in [-0.4, -0.2) is 15.0 Å². The van der Waals surface area contributed by atoms with Crippen molar-refractivity contribution in [1.29, 1.82) is 0 Å². The van der Waals surface area contributed by atoms with E-state index < -0.39 is 0 Å². The van der Waals surface area contributed by atoms with Gasteiger partial charge in [0.05, 0.1) is 11.4 Å². The number of rotatable bonds is 6. The number of pyridine rings is 1. The average molecular weight is 678 g/mol. The molecule has 0 saturated heterocycles. The van der Waals surface area contributed by atoms with Crippen LogP contribution in [0.5, 0.6) is 0 Å². The van der Waals surface area contributed by atoms with Crippen LogP contribution in [0.25, 0.3) is 100.0 Å². The van der Waals surface area contributed by atoms with Crippen LogP contribution in [0.15, 0.2) is 193 Å². The van der Waals surface area contributed by atoms with Gasteiger partial charge in [-0.25, -0.2) is 9.97 Å². The maximum absolute atomic E-state index is 6.20. The van der Waals surface area contributed by atoms with Crippen LogP contribution in [0, 0.1) is 0 Å². The second-order valence-electron chi connectivity index (χ2n) is 13.3. The number of hydrogen-bond acceptors (Lipinski definition) is 4. The molecule has 3 heterocycles. The molecular weight excluding hydrogens is 647 g/mol. The maximum Gasteiger partial charge on any atom is 0.160 e. The number of aromatic nitrogens is 3. The number of benzene rings is 7. The second-order valence-corrected chi connectivity index (χ2v) is 13.3. The lowest BCUT2D eigenvalue weighted by molar-refractivity contribution is 0.669. The molecule has 7 aromatic carbocycles. The molecule has 10 aromatic rings. The van der Waals surface area contributed by atoms with Gasteiger partial charge in [0.2, 0.25) is 0 Å². The topological polar surface area (TPSA) is 51.8 Å². The molecule has 0 unspecified atom stereocenters. The van der Waals surface area contributed by atoms with Gasteiger partial charge in [-0.05, 0) is 92.7 Å². The molecule has 0 bridgehead atoms. The summed E-state index contributed by atoms with van der Waals surface area (Å²) in [7, 11) is 0. The van der Waals surface area contributed by atoms with Crippen molar-refractivity contribution in [3.05, 3.63) is 188 Å². The fourth-order valence-corrected chi connectivity index (χ4v) is 7.31. The largest absolute Gasteiger partial charge is 0.456 e. The van der Waals surface area contributed by atoms with E-state index in [1.165, 1.54) is 16.3 Å². The van der Waals surface area contributed by atoms with E-state index in [1.54, 1.807) is 6.20 Å². The highest BCUT2D eigenvalue weighted by molar-refractivity contribution is 6.06. The van der Waals surface area contributed by atoms with E-state index in [4.69, 9.17) is 14.4 Å². The molecule has 0 radical (unpaired) electrons. The molecule has 10 rings (SSSR count). The Labute approximate surface area is 306 Å². The van der Waals surface area contributed by atoms with E-state index in [0.717, 1.165) is 77.8 Å². The van der Waals surface area contributed by atoms with Crippen LogP contribution in [0.1, 0.15) is 0 Å². The van der Waals surface area contributed by atoms with Gasteiger partial charge in [-0.1, -0.05) is 127 Å². The normalized spacial score (nSPS) is 11.4. The standard InChI is InChI=1S/C49H31N3O/c1-2-11-35(12-3-1)49-51-45(34-21-19-32(20-22-34)37-14-9-25-50-31-37)30-46(52-49)40-27-38(26-39(28-40)42-17-8-13-33-10-4-5-15-41(33)42)36-23-24-48-44(29-36)43-16-6-7-18-47(43)53-48/h1-31H. The highest BCUT2D eigenvalue weighted by Gasteiger charge is 2.16. The van der Waals surface area contributed by atoms with Crippen molar-refractivity contribution >= 4 is 32.7 Å². The van der Waals surface area contributed by atoms with E-state index in [-0.39, 0.29) is 0 Å². The van der Waals surface area contributed by atoms with Crippen LogP contribution in [0.4, 0.5) is 0 Å². The summed E-state index contributed by atoms with van der Waals surface area (Å²) in [6.45, 7) is 0. The molecule has 53 heavy (non-hydrogen) atoms. The Morgan fingerprint density at radius 3 is 1.87 bits per heavy atom. The molecule has 4 heteroatoms. The van der Waals surface area contributed by atoms with Gasteiger partial charge in [0.25, 0.3) is 0 Å². The Kier molecular flexibility index (Phi) is 7.43. The van der Waals surface area contributed by atoms with Crippen molar-refractivity contribution in [2.75, 3.05) is 0 Å². The van der Waals surface area contributed by atoms with E-state index >= 15 is 0 Å². The first-order chi connectivity index (χ1) is 26.2. The molecule has 248 valence electrons. The molecule has 0 saturated carbocycles. The minimum Gasteiger partial charge on any atom is -0.456 e. The first-order valence-electron chi connectivity index (χ1n) is 17.7. The molecule has 3 aromatic heterocycles. The summed E-state index contributed by atoms with van der Waals surface area (Å²) in [6.07, 6.45) is 3.68. The zero-order chi connectivity index (χ0) is 35.1. The second kappa shape index (κ2) is 12.9. The van der Waals surface area contributed by atoms with E-state index in [2.05, 4.69) is 145 Å². The molecular formula is C49H31N3O. The minimum absolute atomic E-state index is 0.679. The highest BCUT2D eigenvalue weighted by atomic mass is 16.3. The number of fused-ring (bicyclic) bond motifs is 4. The van der Waals surface area contributed by atoms with Crippen molar-refractivity contribution in [1.82, 2.24) is 15.0 Å². The van der Waals surface area contributed by atoms with Crippen molar-refractivity contribution in [2.45, 2.75) is 0 Å². The summed E-state index contributed by atoms with van der Waals surface area (Å²) in [4.78, 5) is 14.7. The number of furan rings is 1. The first-order valence-corrected chi connectivity index (χ1v) is 17.7. The van der Waals surface area contributed by atoms with Gasteiger partial charge in [-0.2, -0.15) is 0 Å². The van der Waals surface area contributed by atoms with E-state index in [9.17, 15) is 0 Å². The lowest BCUT2D eigenvalue weighted by Crippen LogP contribution is -1.96. The zero-order valence-corrected chi connectivity index (χ0v) is 28.6. The summed E-state index contributed by atoms with van der Waals surface area (Å²) in [5, 5.41) is 4.61.